The van der Waals surface area contributed by atoms with E-state index in [9.17, 15) is 5.11 Å². The van der Waals surface area contributed by atoms with Crippen LogP contribution in [0, 0.1) is 0 Å². The molecule has 1 aromatic rings. The van der Waals surface area contributed by atoms with Crippen LogP contribution in [0.3, 0.4) is 0 Å². The van der Waals surface area contributed by atoms with Gasteiger partial charge in [-0.1, -0.05) is 0 Å². The first-order valence-corrected chi connectivity index (χ1v) is 5.20. The van der Waals surface area contributed by atoms with Crippen LogP contribution in [0.2, 0.25) is 0 Å². The van der Waals surface area contributed by atoms with Crippen molar-refractivity contribution in [3.63, 3.8) is 0 Å². The molecule has 0 aliphatic rings. The van der Waals surface area contributed by atoms with Crippen molar-refractivity contribution in [2.45, 2.75) is 12.5 Å². The normalized spacial score (nSPS) is 12.6. The number of anilines is 1. The first kappa shape index (κ1) is 12.9. The van der Waals surface area contributed by atoms with E-state index in [1.807, 2.05) is 0 Å². The third-order valence-corrected chi connectivity index (χ3v) is 2.21. The monoisotopic (exact) mass is 226 g/mol. The number of aliphatic hydroxyl groups is 1. The molecule has 0 spiro atoms. The second-order valence-corrected chi connectivity index (χ2v) is 3.41. The minimum Gasteiger partial charge on any atom is -0.398 e. The van der Waals surface area contributed by atoms with Gasteiger partial charge in [0.05, 0.1) is 19.3 Å². The lowest BCUT2D eigenvalue weighted by atomic mass is 10.1. The van der Waals surface area contributed by atoms with Crippen molar-refractivity contribution in [3.05, 3.63) is 24.0 Å². The van der Waals surface area contributed by atoms with Gasteiger partial charge in [0.25, 0.3) is 0 Å². The molecule has 0 aromatic carbocycles. The van der Waals surface area contributed by atoms with Gasteiger partial charge in [-0.05, 0) is 6.07 Å². The van der Waals surface area contributed by atoms with Gasteiger partial charge in [0, 0.05) is 43.8 Å². The maximum Gasteiger partial charge on any atom is 0.0847 e. The fraction of sp³-hybridized carbons (Fsp3) is 0.545. The Morgan fingerprint density at radius 1 is 1.44 bits per heavy atom. The Hall–Kier alpha value is -1.17. The number of hydrogen-bond donors (Lipinski definition) is 2. The first-order chi connectivity index (χ1) is 7.75. The molecule has 0 aliphatic carbocycles. The first-order valence-electron chi connectivity index (χ1n) is 5.20. The summed E-state index contributed by atoms with van der Waals surface area (Å²) in [5.41, 5.74) is 6.92. The Morgan fingerprint density at radius 3 is 2.94 bits per heavy atom. The SMILES string of the molecule is COCCOCCC(O)c1cnccc1N. The second-order valence-electron chi connectivity index (χ2n) is 3.41. The fourth-order valence-corrected chi connectivity index (χ4v) is 1.29. The van der Waals surface area contributed by atoms with E-state index in [1.165, 1.54) is 0 Å². The van der Waals surface area contributed by atoms with E-state index < -0.39 is 6.10 Å². The zero-order chi connectivity index (χ0) is 11.8. The summed E-state index contributed by atoms with van der Waals surface area (Å²) in [7, 11) is 1.62. The van der Waals surface area contributed by atoms with Crippen molar-refractivity contribution in [2.75, 3.05) is 32.7 Å². The van der Waals surface area contributed by atoms with E-state index in [-0.39, 0.29) is 0 Å². The molecule has 0 amide bonds. The summed E-state index contributed by atoms with van der Waals surface area (Å²) in [6, 6.07) is 1.67. The number of pyridine rings is 1. The highest BCUT2D eigenvalue weighted by Crippen LogP contribution is 2.21. The van der Waals surface area contributed by atoms with Crippen LogP contribution in [0.5, 0.6) is 0 Å². The van der Waals surface area contributed by atoms with E-state index in [0.717, 1.165) is 0 Å². The van der Waals surface area contributed by atoms with Gasteiger partial charge < -0.3 is 20.3 Å². The van der Waals surface area contributed by atoms with Crippen molar-refractivity contribution >= 4 is 5.69 Å². The average Bonchev–Trinajstić information content (AvgIpc) is 2.29. The Balaban J connectivity index is 2.30. The largest absolute Gasteiger partial charge is 0.398 e. The molecular formula is C11H18N2O3. The molecule has 1 heterocycles. The molecular weight excluding hydrogens is 208 g/mol. The number of aliphatic hydroxyl groups excluding tert-OH is 1. The summed E-state index contributed by atoms with van der Waals surface area (Å²) in [6.45, 7) is 1.57. The van der Waals surface area contributed by atoms with Crippen LogP contribution in [-0.2, 0) is 9.47 Å². The highest BCUT2D eigenvalue weighted by atomic mass is 16.5. The van der Waals surface area contributed by atoms with Gasteiger partial charge in [0.1, 0.15) is 0 Å². The average molecular weight is 226 g/mol. The summed E-state index contributed by atoms with van der Waals surface area (Å²) < 4.78 is 10.1. The molecule has 16 heavy (non-hydrogen) atoms. The van der Waals surface area contributed by atoms with Crippen molar-refractivity contribution in [1.29, 1.82) is 0 Å². The zero-order valence-corrected chi connectivity index (χ0v) is 9.43. The van der Waals surface area contributed by atoms with Crippen molar-refractivity contribution in [2.24, 2.45) is 0 Å². The van der Waals surface area contributed by atoms with Crippen molar-refractivity contribution < 1.29 is 14.6 Å². The van der Waals surface area contributed by atoms with Crippen LogP contribution in [0.25, 0.3) is 0 Å². The molecule has 0 saturated heterocycles. The fourth-order valence-electron chi connectivity index (χ4n) is 1.29. The van der Waals surface area contributed by atoms with E-state index in [4.69, 9.17) is 15.2 Å². The van der Waals surface area contributed by atoms with Crippen LogP contribution < -0.4 is 5.73 Å². The van der Waals surface area contributed by atoms with Gasteiger partial charge in [-0.3, -0.25) is 4.98 Å². The summed E-state index contributed by atoms with van der Waals surface area (Å²) in [5, 5.41) is 9.83. The molecule has 0 fully saturated rings. The van der Waals surface area contributed by atoms with Crippen molar-refractivity contribution in [1.82, 2.24) is 4.98 Å². The molecule has 5 nitrogen and oxygen atoms in total. The molecule has 1 aromatic heterocycles. The van der Waals surface area contributed by atoms with Crippen LogP contribution in [0.15, 0.2) is 18.5 Å². The molecule has 0 saturated carbocycles. The van der Waals surface area contributed by atoms with Crippen molar-refractivity contribution in [3.8, 4) is 0 Å². The van der Waals surface area contributed by atoms with Gasteiger partial charge in [-0.25, -0.2) is 0 Å². The molecule has 5 heteroatoms. The van der Waals surface area contributed by atoms with E-state index in [0.29, 0.717) is 37.5 Å². The highest BCUT2D eigenvalue weighted by Gasteiger charge is 2.10. The number of aromatic nitrogens is 1. The Morgan fingerprint density at radius 2 is 2.25 bits per heavy atom. The summed E-state index contributed by atoms with van der Waals surface area (Å²) in [5.74, 6) is 0. The number of nitrogens with two attached hydrogens (primary N) is 1. The second kappa shape index (κ2) is 7.16. The van der Waals surface area contributed by atoms with Crippen LogP contribution in [0.1, 0.15) is 18.1 Å². The standard InChI is InChI=1S/C11H18N2O3/c1-15-6-7-16-5-3-11(14)9-8-13-4-2-10(9)12/h2,4,8,11,14H,3,5-7H2,1H3,(H2,12,13). The van der Waals surface area contributed by atoms with Gasteiger partial charge in [0.15, 0.2) is 0 Å². The number of hydrogen-bond acceptors (Lipinski definition) is 5. The van der Waals surface area contributed by atoms with Gasteiger partial charge in [0.2, 0.25) is 0 Å². The lowest BCUT2D eigenvalue weighted by molar-refractivity contribution is 0.0476. The Kier molecular flexibility index (Phi) is 5.77. The number of nitrogens with zero attached hydrogens (tertiary/aromatic N) is 1. The predicted octanol–water partition coefficient (Wildman–Crippen LogP) is 0.750. The quantitative estimate of drug-likeness (QED) is 0.671. The maximum absolute atomic E-state index is 9.83. The molecule has 0 bridgehead atoms. The Bertz CT molecular complexity index is 307. The van der Waals surface area contributed by atoms with Crippen LogP contribution in [-0.4, -0.2) is 37.0 Å². The number of methoxy groups -OCH3 is 1. The Labute approximate surface area is 95.2 Å². The van der Waals surface area contributed by atoms with E-state index in [2.05, 4.69) is 4.98 Å². The third kappa shape index (κ3) is 4.14. The number of nitrogen functional groups attached to an aromatic ring is 1. The number of ether oxygens (including phenoxy) is 2. The van der Waals surface area contributed by atoms with E-state index >= 15 is 0 Å². The third-order valence-electron chi connectivity index (χ3n) is 2.21. The zero-order valence-electron chi connectivity index (χ0n) is 9.43. The van der Waals surface area contributed by atoms with Gasteiger partial charge in [-0.2, -0.15) is 0 Å². The lowest BCUT2D eigenvalue weighted by Gasteiger charge is -2.12. The molecule has 1 unspecified atom stereocenters. The summed E-state index contributed by atoms with van der Waals surface area (Å²) >= 11 is 0. The molecule has 0 aliphatic heterocycles. The number of rotatable bonds is 7. The van der Waals surface area contributed by atoms with Crippen LogP contribution in [0.4, 0.5) is 5.69 Å². The topological polar surface area (TPSA) is 77.6 Å². The molecule has 90 valence electrons. The highest BCUT2D eigenvalue weighted by molar-refractivity contribution is 5.45. The smallest absolute Gasteiger partial charge is 0.0847 e. The maximum atomic E-state index is 9.83. The molecule has 0 radical (unpaired) electrons. The molecule has 3 N–H and O–H groups in total. The lowest BCUT2D eigenvalue weighted by Crippen LogP contribution is -2.08. The summed E-state index contributed by atoms with van der Waals surface area (Å²) in [4.78, 5) is 3.92. The minimum atomic E-state index is -0.628. The molecule has 1 rings (SSSR count). The van der Waals surface area contributed by atoms with Gasteiger partial charge >= 0.3 is 0 Å². The minimum absolute atomic E-state index is 0.471. The van der Waals surface area contributed by atoms with Gasteiger partial charge in [-0.15, -0.1) is 0 Å². The molecule has 1 atom stereocenters. The predicted molar refractivity (Wildman–Crippen MR) is 60.9 cm³/mol. The van der Waals surface area contributed by atoms with E-state index in [1.54, 1.807) is 25.6 Å². The summed E-state index contributed by atoms with van der Waals surface area (Å²) in [6.07, 6.45) is 3.05. The van der Waals surface area contributed by atoms with Crippen LogP contribution >= 0.6 is 0 Å².